The Bertz CT molecular complexity index is 896. The van der Waals surface area contributed by atoms with Crippen molar-refractivity contribution in [1.29, 1.82) is 0 Å². The number of benzene rings is 1. The Morgan fingerprint density at radius 3 is 2.79 bits per heavy atom. The number of para-hydroxylation sites is 1. The molecule has 0 radical (unpaired) electrons. The van der Waals surface area contributed by atoms with Crippen molar-refractivity contribution >= 4 is 23.2 Å². The molecule has 0 N–H and O–H groups in total. The summed E-state index contributed by atoms with van der Waals surface area (Å²) in [5.74, 6) is -0.283. The fourth-order valence-electron chi connectivity index (χ4n) is 3.85. The Kier molecular flexibility index (Phi) is 5.85. The van der Waals surface area contributed by atoms with Crippen LogP contribution in [0.2, 0.25) is 0 Å². The Labute approximate surface area is 174 Å². The lowest BCUT2D eigenvalue weighted by molar-refractivity contribution is -0.143. The van der Waals surface area contributed by atoms with Gasteiger partial charge in [-0.15, -0.1) is 11.3 Å². The van der Waals surface area contributed by atoms with Gasteiger partial charge in [0.1, 0.15) is 13.2 Å². The molecule has 1 saturated carbocycles. The first-order chi connectivity index (χ1) is 14.1. The fourth-order valence-corrected chi connectivity index (χ4v) is 4.78. The van der Waals surface area contributed by atoms with Gasteiger partial charge in [-0.05, 0) is 48.4 Å². The Morgan fingerprint density at radius 1 is 1.28 bits per heavy atom. The van der Waals surface area contributed by atoms with Crippen LogP contribution in [-0.2, 0) is 16.0 Å². The smallest absolute Gasteiger partial charge is 0.242 e. The lowest BCUT2D eigenvalue weighted by atomic mass is 10.0. The Morgan fingerprint density at radius 2 is 2.07 bits per heavy atom. The van der Waals surface area contributed by atoms with Gasteiger partial charge >= 0.3 is 0 Å². The van der Waals surface area contributed by atoms with Crippen molar-refractivity contribution in [2.45, 2.75) is 44.7 Å². The minimum absolute atomic E-state index is 0.0215. The van der Waals surface area contributed by atoms with E-state index in [2.05, 4.69) is 0 Å². The summed E-state index contributed by atoms with van der Waals surface area (Å²) in [4.78, 5) is 30.2. The molecule has 2 aliphatic rings. The van der Waals surface area contributed by atoms with Crippen molar-refractivity contribution < 1.29 is 18.7 Å². The van der Waals surface area contributed by atoms with Gasteiger partial charge in [0.05, 0.1) is 6.04 Å². The number of amides is 2. The molecule has 2 amide bonds. The van der Waals surface area contributed by atoms with Gasteiger partial charge in [0.2, 0.25) is 11.8 Å². The highest BCUT2D eigenvalue weighted by Gasteiger charge is 2.37. The van der Waals surface area contributed by atoms with Crippen LogP contribution in [0.4, 0.5) is 4.39 Å². The molecule has 1 atom stereocenters. The molecular formula is C22H25FN2O3S. The summed E-state index contributed by atoms with van der Waals surface area (Å²) in [6.07, 6.45) is 3.12. The molecule has 0 bridgehead atoms. The monoisotopic (exact) mass is 416 g/mol. The maximum atomic E-state index is 14.0. The third kappa shape index (κ3) is 4.29. The van der Waals surface area contributed by atoms with Gasteiger partial charge < -0.3 is 14.5 Å². The molecule has 0 spiro atoms. The van der Waals surface area contributed by atoms with Crippen LogP contribution < -0.4 is 4.74 Å². The molecule has 1 unspecified atom stereocenters. The summed E-state index contributed by atoms with van der Waals surface area (Å²) in [6.45, 7) is 2.69. The number of thiophene rings is 1. The van der Waals surface area contributed by atoms with E-state index in [0.717, 1.165) is 24.8 Å². The van der Waals surface area contributed by atoms with Crippen LogP contribution in [-0.4, -0.2) is 47.4 Å². The first kappa shape index (κ1) is 19.9. The molecular weight excluding hydrogens is 391 g/mol. The molecule has 2 heterocycles. The second kappa shape index (κ2) is 8.53. The van der Waals surface area contributed by atoms with Crippen LogP contribution in [0.1, 0.15) is 42.7 Å². The minimum Gasteiger partial charge on any atom is -0.488 e. The molecule has 1 fully saturated rings. The summed E-state index contributed by atoms with van der Waals surface area (Å²) < 4.78 is 19.8. The van der Waals surface area contributed by atoms with E-state index < -0.39 is 5.82 Å². The van der Waals surface area contributed by atoms with Crippen molar-refractivity contribution in [3.05, 3.63) is 52.0 Å². The number of carbonyl (C=O) groups excluding carboxylic acids is 2. The van der Waals surface area contributed by atoms with Crippen molar-refractivity contribution in [2.24, 2.45) is 0 Å². The number of hydrogen-bond acceptors (Lipinski definition) is 4. The zero-order valence-electron chi connectivity index (χ0n) is 16.5. The number of carbonyl (C=O) groups is 2. The summed E-state index contributed by atoms with van der Waals surface area (Å²) >= 11 is 1.67. The highest BCUT2D eigenvalue weighted by molar-refractivity contribution is 7.10. The molecule has 0 saturated heterocycles. The van der Waals surface area contributed by atoms with E-state index in [0.29, 0.717) is 13.0 Å². The molecule has 29 heavy (non-hydrogen) atoms. The van der Waals surface area contributed by atoms with E-state index in [-0.39, 0.29) is 42.8 Å². The molecule has 1 aromatic carbocycles. The van der Waals surface area contributed by atoms with E-state index in [9.17, 15) is 14.0 Å². The predicted molar refractivity (Wildman–Crippen MR) is 109 cm³/mol. The van der Waals surface area contributed by atoms with Crippen molar-refractivity contribution in [1.82, 2.24) is 9.80 Å². The van der Waals surface area contributed by atoms with Crippen molar-refractivity contribution in [2.75, 3.05) is 19.7 Å². The van der Waals surface area contributed by atoms with Crippen molar-refractivity contribution in [3.63, 3.8) is 0 Å². The van der Waals surface area contributed by atoms with E-state index >= 15 is 0 Å². The fraction of sp³-hybridized carbons (Fsp3) is 0.455. The average molecular weight is 417 g/mol. The maximum Gasteiger partial charge on any atom is 0.242 e. The third-order valence-corrected chi connectivity index (χ3v) is 6.56. The lowest BCUT2D eigenvalue weighted by Crippen LogP contribution is -2.48. The molecule has 1 aromatic heterocycles. The summed E-state index contributed by atoms with van der Waals surface area (Å²) in [5.41, 5.74) is 1.06. The van der Waals surface area contributed by atoms with E-state index in [1.54, 1.807) is 39.3 Å². The highest BCUT2D eigenvalue weighted by Crippen LogP contribution is 2.35. The minimum atomic E-state index is -0.417. The van der Waals surface area contributed by atoms with Crippen LogP contribution in [0.15, 0.2) is 35.7 Å². The van der Waals surface area contributed by atoms with Gasteiger partial charge in [0.15, 0.2) is 11.6 Å². The van der Waals surface area contributed by atoms with Crippen molar-refractivity contribution in [3.8, 4) is 5.75 Å². The number of hydrogen-bond donors (Lipinski definition) is 0. The van der Waals surface area contributed by atoms with E-state index in [1.165, 1.54) is 10.9 Å². The van der Waals surface area contributed by atoms with Gasteiger partial charge in [-0.1, -0.05) is 19.1 Å². The quantitative estimate of drug-likeness (QED) is 0.690. The predicted octanol–water partition coefficient (Wildman–Crippen LogP) is 3.79. The molecule has 2 aromatic rings. The standard InChI is InChI=1S/C22H25FN2O3S/c1-2-21(26)25(15-7-8-15)13-22(27)24-11-9-20-16(10-12-29-20)18(24)14-28-19-6-4-3-5-17(19)23/h3-6,10,12,15,18H,2,7-9,11,13-14H2,1H3. The summed E-state index contributed by atoms with van der Waals surface area (Å²) in [6, 6.07) is 8.22. The van der Waals surface area contributed by atoms with Crippen LogP contribution in [0, 0.1) is 5.82 Å². The SMILES string of the molecule is CCC(=O)N(CC(=O)N1CCc2sccc2C1COc1ccccc1F)C1CC1. The normalized spacial score (nSPS) is 18.3. The second-order valence-corrected chi connectivity index (χ2v) is 8.50. The Hall–Kier alpha value is -2.41. The molecule has 154 valence electrons. The first-order valence-corrected chi connectivity index (χ1v) is 11.0. The second-order valence-electron chi connectivity index (χ2n) is 7.50. The van der Waals surface area contributed by atoms with Gasteiger partial charge in [0.25, 0.3) is 0 Å². The number of nitrogens with zero attached hydrogens (tertiary/aromatic N) is 2. The number of fused-ring (bicyclic) bond motifs is 1. The number of ether oxygens (including phenoxy) is 1. The van der Waals surface area contributed by atoms with Gasteiger partial charge in [-0.2, -0.15) is 0 Å². The van der Waals surface area contributed by atoms with Gasteiger partial charge in [0, 0.05) is 23.9 Å². The van der Waals surface area contributed by atoms with E-state index in [1.807, 2.05) is 18.4 Å². The zero-order valence-corrected chi connectivity index (χ0v) is 17.3. The zero-order chi connectivity index (χ0) is 20.4. The third-order valence-electron chi connectivity index (χ3n) is 5.56. The highest BCUT2D eigenvalue weighted by atomic mass is 32.1. The first-order valence-electron chi connectivity index (χ1n) is 10.1. The largest absolute Gasteiger partial charge is 0.488 e. The average Bonchev–Trinajstić information content (AvgIpc) is 3.46. The molecule has 1 aliphatic heterocycles. The number of halogens is 1. The summed E-state index contributed by atoms with van der Waals surface area (Å²) in [7, 11) is 0. The topological polar surface area (TPSA) is 49.9 Å². The van der Waals surface area contributed by atoms with Gasteiger partial charge in [-0.3, -0.25) is 9.59 Å². The summed E-state index contributed by atoms with van der Waals surface area (Å²) in [5, 5.41) is 2.02. The lowest BCUT2D eigenvalue weighted by Gasteiger charge is -2.37. The van der Waals surface area contributed by atoms with Crippen LogP contribution in [0.25, 0.3) is 0 Å². The Balaban J connectivity index is 1.52. The number of rotatable bonds is 7. The van der Waals surface area contributed by atoms with Crippen LogP contribution in [0.3, 0.4) is 0 Å². The van der Waals surface area contributed by atoms with E-state index in [4.69, 9.17) is 4.74 Å². The van der Waals surface area contributed by atoms with Gasteiger partial charge in [-0.25, -0.2) is 4.39 Å². The molecule has 7 heteroatoms. The van der Waals surface area contributed by atoms with Crippen LogP contribution in [0.5, 0.6) is 5.75 Å². The molecule has 5 nitrogen and oxygen atoms in total. The molecule has 1 aliphatic carbocycles. The van der Waals surface area contributed by atoms with Crippen LogP contribution >= 0.6 is 11.3 Å². The molecule has 4 rings (SSSR count). The maximum absolute atomic E-state index is 14.0.